The van der Waals surface area contributed by atoms with Crippen LogP contribution in [0.2, 0.25) is 0 Å². The summed E-state index contributed by atoms with van der Waals surface area (Å²) in [5.41, 5.74) is 0.185. The van der Waals surface area contributed by atoms with Crippen LogP contribution in [-0.2, 0) is 9.59 Å². The Morgan fingerprint density at radius 1 is 1.38 bits per heavy atom. The van der Waals surface area contributed by atoms with Gasteiger partial charge in [0.15, 0.2) is 17.6 Å². The maximum atomic E-state index is 13.8. The second-order valence-electron chi connectivity index (χ2n) is 6.28. The van der Waals surface area contributed by atoms with Crippen molar-refractivity contribution in [3.05, 3.63) is 29.6 Å². The second kappa shape index (κ2) is 8.66. The molecule has 0 aromatic heterocycles. The van der Waals surface area contributed by atoms with Gasteiger partial charge < -0.3 is 15.2 Å². The molecule has 1 aliphatic carbocycles. The predicted molar refractivity (Wildman–Crippen MR) is 87.3 cm³/mol. The van der Waals surface area contributed by atoms with E-state index in [1.807, 2.05) is 0 Å². The number of hydrogen-bond acceptors (Lipinski definition) is 3. The number of ether oxygens (including phenoxy) is 1. The van der Waals surface area contributed by atoms with E-state index in [1.165, 1.54) is 44.9 Å². The van der Waals surface area contributed by atoms with Crippen LogP contribution in [0.1, 0.15) is 56.6 Å². The number of hydrogen-bond donors (Lipinski definition) is 2. The van der Waals surface area contributed by atoms with E-state index in [-0.39, 0.29) is 17.2 Å². The minimum atomic E-state index is -1.26. The van der Waals surface area contributed by atoms with Gasteiger partial charge in [0.25, 0.3) is 0 Å². The molecule has 24 heavy (non-hydrogen) atoms. The number of nitrogens with one attached hydrogen (secondary N) is 1. The van der Waals surface area contributed by atoms with Crippen LogP contribution in [-0.4, -0.2) is 24.1 Å². The fourth-order valence-electron chi connectivity index (χ4n) is 3.23. The average molecular weight is 337 g/mol. The van der Waals surface area contributed by atoms with Gasteiger partial charge in [-0.25, -0.2) is 9.18 Å². The summed E-state index contributed by atoms with van der Waals surface area (Å²) in [5.74, 6) is -1.47. The molecule has 132 valence electrons. The van der Waals surface area contributed by atoms with E-state index < -0.39 is 17.8 Å². The highest BCUT2D eigenvalue weighted by atomic mass is 19.1. The Morgan fingerprint density at radius 2 is 2.08 bits per heavy atom. The Morgan fingerprint density at radius 3 is 2.67 bits per heavy atom. The Labute approximate surface area is 141 Å². The van der Waals surface area contributed by atoms with Crippen molar-refractivity contribution in [2.24, 2.45) is 5.92 Å². The Hall–Kier alpha value is -2.11. The van der Waals surface area contributed by atoms with Crippen molar-refractivity contribution < 1.29 is 23.8 Å². The third-order valence-electron chi connectivity index (χ3n) is 4.55. The summed E-state index contributed by atoms with van der Waals surface area (Å²) < 4.78 is 18.6. The van der Waals surface area contributed by atoms with E-state index in [9.17, 15) is 19.1 Å². The summed E-state index contributed by atoms with van der Waals surface area (Å²) in [6, 6.07) is 2.62. The molecule has 1 aliphatic rings. The summed E-state index contributed by atoms with van der Waals surface area (Å²) in [6.45, 7) is 0. The third-order valence-corrected chi connectivity index (χ3v) is 4.55. The third kappa shape index (κ3) is 4.94. The van der Waals surface area contributed by atoms with Crippen LogP contribution in [0.5, 0.6) is 5.75 Å². The fourth-order valence-corrected chi connectivity index (χ4v) is 3.23. The van der Waals surface area contributed by atoms with Crippen molar-refractivity contribution in [2.45, 2.75) is 51.0 Å². The standard InChI is InChI=1S/C18H24FNO4/c1-24-15-10-9-13(11-14(15)19)17(18(22)23)20-16(21)8-4-7-12-5-2-3-6-12/h9-12,17H,2-8H2,1H3,(H,20,21)(H,22,23). The van der Waals surface area contributed by atoms with Crippen molar-refractivity contribution >= 4 is 11.9 Å². The molecule has 0 bridgehead atoms. The van der Waals surface area contributed by atoms with Crippen LogP contribution in [0.25, 0.3) is 0 Å². The van der Waals surface area contributed by atoms with Gasteiger partial charge in [-0.2, -0.15) is 0 Å². The topological polar surface area (TPSA) is 75.6 Å². The molecule has 1 aromatic carbocycles. The molecule has 0 saturated heterocycles. The molecule has 6 heteroatoms. The van der Waals surface area contributed by atoms with Crippen LogP contribution in [0.4, 0.5) is 4.39 Å². The number of halogens is 1. The van der Waals surface area contributed by atoms with Gasteiger partial charge in [0, 0.05) is 6.42 Å². The summed E-state index contributed by atoms with van der Waals surface area (Å²) >= 11 is 0. The van der Waals surface area contributed by atoms with Crippen molar-refractivity contribution in [2.75, 3.05) is 7.11 Å². The molecule has 2 N–H and O–H groups in total. The van der Waals surface area contributed by atoms with Crippen LogP contribution in [0.3, 0.4) is 0 Å². The van der Waals surface area contributed by atoms with E-state index >= 15 is 0 Å². The van der Waals surface area contributed by atoms with Crippen LogP contribution < -0.4 is 10.1 Å². The van der Waals surface area contributed by atoms with Gasteiger partial charge in [-0.05, 0) is 36.5 Å². The van der Waals surface area contributed by atoms with E-state index in [4.69, 9.17) is 4.74 Å². The molecule has 1 amide bonds. The maximum absolute atomic E-state index is 13.8. The molecule has 0 radical (unpaired) electrons. The molecule has 0 aliphatic heterocycles. The van der Waals surface area contributed by atoms with E-state index in [0.29, 0.717) is 12.3 Å². The van der Waals surface area contributed by atoms with Gasteiger partial charge in [-0.3, -0.25) is 4.79 Å². The van der Waals surface area contributed by atoms with Gasteiger partial charge in [-0.1, -0.05) is 31.7 Å². The highest BCUT2D eigenvalue weighted by Crippen LogP contribution is 2.29. The van der Waals surface area contributed by atoms with Crippen molar-refractivity contribution in [1.82, 2.24) is 5.32 Å². The van der Waals surface area contributed by atoms with E-state index in [0.717, 1.165) is 18.9 Å². The summed E-state index contributed by atoms with van der Waals surface area (Å²) in [5, 5.41) is 11.8. The smallest absolute Gasteiger partial charge is 0.330 e. The van der Waals surface area contributed by atoms with Crippen molar-refractivity contribution in [3.8, 4) is 5.75 Å². The van der Waals surface area contributed by atoms with Crippen LogP contribution >= 0.6 is 0 Å². The molecule has 0 spiro atoms. The quantitative estimate of drug-likeness (QED) is 0.762. The first kappa shape index (κ1) is 18.2. The largest absolute Gasteiger partial charge is 0.494 e. The Balaban J connectivity index is 1.91. The van der Waals surface area contributed by atoms with E-state index in [2.05, 4.69) is 5.32 Å². The Kier molecular flexibility index (Phi) is 6.58. The predicted octanol–water partition coefficient (Wildman–Crippen LogP) is 3.44. The zero-order valence-electron chi connectivity index (χ0n) is 13.9. The maximum Gasteiger partial charge on any atom is 0.330 e. The lowest BCUT2D eigenvalue weighted by atomic mass is 10.0. The number of carboxylic acids is 1. The number of aliphatic carboxylic acids is 1. The number of carboxylic acid groups (broad SMARTS) is 1. The SMILES string of the molecule is COc1ccc(C(NC(=O)CCCC2CCCC2)C(=O)O)cc1F. The molecule has 0 heterocycles. The average Bonchev–Trinajstić information content (AvgIpc) is 3.05. The van der Waals surface area contributed by atoms with Gasteiger partial charge in [0.1, 0.15) is 0 Å². The molecule has 1 aromatic rings. The van der Waals surface area contributed by atoms with Gasteiger partial charge >= 0.3 is 5.97 Å². The lowest BCUT2D eigenvalue weighted by Gasteiger charge is -2.16. The first-order chi connectivity index (χ1) is 11.5. The molecule has 2 rings (SSSR count). The first-order valence-electron chi connectivity index (χ1n) is 8.37. The lowest BCUT2D eigenvalue weighted by Crippen LogP contribution is -2.33. The van der Waals surface area contributed by atoms with Gasteiger partial charge in [0.2, 0.25) is 5.91 Å². The molecular weight excluding hydrogens is 313 g/mol. The van der Waals surface area contributed by atoms with Crippen LogP contribution in [0, 0.1) is 11.7 Å². The monoisotopic (exact) mass is 337 g/mol. The number of carbonyl (C=O) groups excluding carboxylic acids is 1. The number of methoxy groups -OCH3 is 1. The number of amides is 1. The zero-order chi connectivity index (χ0) is 17.5. The molecular formula is C18H24FNO4. The van der Waals surface area contributed by atoms with E-state index in [1.54, 1.807) is 0 Å². The molecule has 1 fully saturated rings. The highest BCUT2D eigenvalue weighted by molar-refractivity contribution is 5.84. The van der Waals surface area contributed by atoms with Crippen molar-refractivity contribution in [1.29, 1.82) is 0 Å². The fraction of sp³-hybridized carbons (Fsp3) is 0.556. The molecule has 1 saturated carbocycles. The second-order valence-corrected chi connectivity index (χ2v) is 6.28. The normalized spacial score (nSPS) is 15.9. The Bertz CT molecular complexity index is 584. The number of carbonyl (C=O) groups is 2. The van der Waals surface area contributed by atoms with Crippen molar-refractivity contribution in [3.63, 3.8) is 0 Å². The number of benzene rings is 1. The molecule has 1 atom stereocenters. The minimum Gasteiger partial charge on any atom is -0.494 e. The first-order valence-corrected chi connectivity index (χ1v) is 8.37. The number of rotatable bonds is 8. The van der Waals surface area contributed by atoms with Gasteiger partial charge in [0.05, 0.1) is 7.11 Å². The minimum absolute atomic E-state index is 0.0331. The molecule has 5 nitrogen and oxygen atoms in total. The van der Waals surface area contributed by atoms with Gasteiger partial charge in [-0.15, -0.1) is 0 Å². The molecule has 1 unspecified atom stereocenters. The summed E-state index contributed by atoms with van der Waals surface area (Å²) in [7, 11) is 1.33. The summed E-state index contributed by atoms with van der Waals surface area (Å²) in [6.07, 6.45) is 7.03. The lowest BCUT2D eigenvalue weighted by molar-refractivity contribution is -0.142. The zero-order valence-corrected chi connectivity index (χ0v) is 13.9. The summed E-state index contributed by atoms with van der Waals surface area (Å²) in [4.78, 5) is 23.4. The highest BCUT2D eigenvalue weighted by Gasteiger charge is 2.23. The van der Waals surface area contributed by atoms with Crippen LogP contribution in [0.15, 0.2) is 18.2 Å².